The minimum absolute atomic E-state index is 0. The van der Waals surface area contributed by atoms with Crippen LogP contribution in [0.3, 0.4) is 0 Å². The van der Waals surface area contributed by atoms with Gasteiger partial charge in [0.2, 0.25) is 0 Å². The van der Waals surface area contributed by atoms with Crippen molar-refractivity contribution in [1.29, 1.82) is 0 Å². The summed E-state index contributed by atoms with van der Waals surface area (Å²) < 4.78 is 32.7. The van der Waals surface area contributed by atoms with Gasteiger partial charge in [-0.25, -0.2) is 0 Å². The number of aromatic hydroxyl groups is 4. The summed E-state index contributed by atoms with van der Waals surface area (Å²) in [7, 11) is -4.54. The molecule has 14 nitrogen and oxygen atoms in total. The van der Waals surface area contributed by atoms with Crippen LogP contribution in [0.4, 0.5) is 28.4 Å². The summed E-state index contributed by atoms with van der Waals surface area (Å²) in [5.74, 6) is -0.855. The van der Waals surface area contributed by atoms with E-state index in [9.17, 15) is 43.5 Å². The molecule has 16 heteroatoms. The van der Waals surface area contributed by atoms with Crippen LogP contribution in [0.2, 0.25) is 0 Å². The number of nitro groups is 1. The van der Waals surface area contributed by atoms with E-state index in [-0.39, 0.29) is 68.4 Å². The number of nitro benzene ring substituents is 1. The van der Waals surface area contributed by atoms with Gasteiger partial charge in [0.15, 0.2) is 0 Å². The average Bonchev–Trinajstić information content (AvgIpc) is 3.11. The summed E-state index contributed by atoms with van der Waals surface area (Å²) in [6.07, 6.45) is 0. The molecule has 0 saturated heterocycles. The van der Waals surface area contributed by atoms with E-state index in [1.807, 2.05) is 24.3 Å². The molecule has 0 aliphatic heterocycles. The number of non-ortho nitro benzene ring substituents is 1. The Bertz CT molecular complexity index is 2670. The van der Waals surface area contributed by atoms with Crippen LogP contribution in [0.15, 0.2) is 147 Å². The zero-order valence-corrected chi connectivity index (χ0v) is 28.6. The van der Waals surface area contributed by atoms with E-state index in [1.165, 1.54) is 30.3 Å². The number of phenols is 4. The molecule has 0 spiro atoms. The van der Waals surface area contributed by atoms with Crippen molar-refractivity contribution in [2.24, 2.45) is 20.5 Å². The average molecular weight is 756 g/mol. The molecule has 260 valence electrons. The molecule has 7 rings (SSSR count). The Labute approximate surface area is 305 Å². The zero-order chi connectivity index (χ0) is 36.3. The number of hydrogen-bond donors (Lipinski definition) is 5. The number of rotatable bonds is 6. The number of azo groups is 2. The number of nitrogens with zero attached hydrogens (tertiary/aromatic N) is 5. The second-order valence-corrected chi connectivity index (χ2v) is 12.3. The molecule has 0 aliphatic rings. The molecule has 0 aromatic heterocycles. The monoisotopic (exact) mass is 755 g/mol. The Morgan fingerprint density at radius 2 is 0.962 bits per heavy atom. The molecule has 5 N–H and O–H groups in total. The predicted octanol–water partition coefficient (Wildman–Crippen LogP) is 9.64. The molecule has 52 heavy (non-hydrogen) atoms. The van der Waals surface area contributed by atoms with Gasteiger partial charge in [0.05, 0.1) is 4.92 Å². The topological polar surface area (TPSA) is 228 Å². The number of fused-ring (bicyclic) bond motifs is 3. The normalized spacial score (nSPS) is 11.5. The summed E-state index contributed by atoms with van der Waals surface area (Å²) in [5, 5.41) is 70.5. The van der Waals surface area contributed by atoms with Gasteiger partial charge < -0.3 is 20.4 Å². The third kappa shape index (κ3) is 7.65. The molecular weight excluding hydrogens is 730 g/mol. The largest absolute Gasteiger partial charge is 0.506 e. The quantitative estimate of drug-likeness (QED) is 0.0470. The van der Waals surface area contributed by atoms with E-state index in [4.69, 9.17) is 0 Å². The van der Waals surface area contributed by atoms with Gasteiger partial charge in [-0.15, -0.1) is 20.5 Å². The van der Waals surface area contributed by atoms with Crippen LogP contribution in [0.25, 0.3) is 32.3 Å². The molecule has 0 radical (unpaired) electrons. The van der Waals surface area contributed by atoms with Crippen molar-refractivity contribution in [3.05, 3.63) is 131 Å². The van der Waals surface area contributed by atoms with E-state index < -0.39 is 25.7 Å². The van der Waals surface area contributed by atoms with Crippen LogP contribution in [-0.2, 0) is 27.5 Å². The second kappa shape index (κ2) is 15.2. The molecule has 0 bridgehead atoms. The first-order valence-corrected chi connectivity index (χ1v) is 16.3. The van der Waals surface area contributed by atoms with Crippen LogP contribution < -0.4 is 0 Å². The van der Waals surface area contributed by atoms with E-state index in [1.54, 1.807) is 54.6 Å². The summed E-state index contributed by atoms with van der Waals surface area (Å²) in [6.45, 7) is 0. The van der Waals surface area contributed by atoms with Crippen molar-refractivity contribution in [3.63, 3.8) is 0 Å². The Hall–Kier alpha value is -6.44. The van der Waals surface area contributed by atoms with E-state index >= 15 is 0 Å². The molecule has 0 saturated carbocycles. The number of hydrogen-bond acceptors (Lipinski definition) is 12. The van der Waals surface area contributed by atoms with Crippen LogP contribution in [0, 0.1) is 10.1 Å². The minimum Gasteiger partial charge on any atom is -0.506 e. The van der Waals surface area contributed by atoms with Crippen molar-refractivity contribution in [3.8, 4) is 23.0 Å². The molecule has 0 heterocycles. The van der Waals surface area contributed by atoms with Gasteiger partial charge in [-0.2, -0.15) is 8.42 Å². The summed E-state index contributed by atoms with van der Waals surface area (Å²) in [6, 6.07) is 31.7. The maximum absolute atomic E-state index is 11.6. The van der Waals surface area contributed by atoms with E-state index in [0.717, 1.165) is 22.9 Å². The standard InChI is InChI=1S/C20H14N2O5S.C16H11N3O4.Cr/c23-16-10-9-12-5-1-2-6-13(12)19(16)21-22-20-15-8-4-3-7-14(15)18(11-17(20)24)28(25,26)27;20-14-8-6-11(19(22)23)9-13(14)17-18-16-12-4-2-1-3-10(12)5-7-15(16)21;/h1-11,23-24H,(H,25,26,27);1-9,20-21H;. The smallest absolute Gasteiger partial charge is 0.295 e. The molecule has 7 aromatic carbocycles. The zero-order valence-electron chi connectivity index (χ0n) is 26.5. The van der Waals surface area contributed by atoms with E-state index in [2.05, 4.69) is 20.5 Å². The van der Waals surface area contributed by atoms with Crippen molar-refractivity contribution in [2.45, 2.75) is 4.90 Å². The Morgan fingerprint density at radius 1 is 0.519 bits per heavy atom. The molecule has 7 aromatic rings. The molecule has 0 aliphatic carbocycles. The third-order valence-corrected chi connectivity index (χ3v) is 8.57. The first-order valence-electron chi connectivity index (χ1n) is 14.9. The van der Waals surface area contributed by atoms with Gasteiger partial charge in [0.1, 0.15) is 50.6 Å². The van der Waals surface area contributed by atoms with Gasteiger partial charge >= 0.3 is 0 Å². The van der Waals surface area contributed by atoms with Crippen LogP contribution in [0.1, 0.15) is 0 Å². The third-order valence-electron chi connectivity index (χ3n) is 7.67. The molecular formula is C36H25CrN5O9S. The molecule has 0 atom stereocenters. The van der Waals surface area contributed by atoms with Gasteiger partial charge in [-0.1, -0.05) is 84.9 Å². The molecule has 0 fully saturated rings. The summed E-state index contributed by atoms with van der Waals surface area (Å²) in [5.41, 5.74) is 0.218. The summed E-state index contributed by atoms with van der Waals surface area (Å²) in [4.78, 5) is 9.77. The predicted molar refractivity (Wildman–Crippen MR) is 190 cm³/mol. The van der Waals surface area contributed by atoms with Gasteiger partial charge in [-0.3, -0.25) is 14.7 Å². The molecule has 0 amide bonds. The molecule has 0 unspecified atom stereocenters. The van der Waals surface area contributed by atoms with Gasteiger partial charge in [0, 0.05) is 57.1 Å². The van der Waals surface area contributed by atoms with Crippen LogP contribution in [0.5, 0.6) is 23.0 Å². The van der Waals surface area contributed by atoms with Crippen molar-refractivity contribution in [1.82, 2.24) is 0 Å². The van der Waals surface area contributed by atoms with Crippen molar-refractivity contribution < 1.29 is 55.7 Å². The Morgan fingerprint density at radius 3 is 1.48 bits per heavy atom. The Balaban J connectivity index is 0.000000201. The van der Waals surface area contributed by atoms with Crippen LogP contribution in [-0.4, -0.2) is 38.3 Å². The second-order valence-electron chi connectivity index (χ2n) is 10.9. The van der Waals surface area contributed by atoms with E-state index in [0.29, 0.717) is 16.2 Å². The van der Waals surface area contributed by atoms with Crippen molar-refractivity contribution >= 4 is 70.9 Å². The first-order chi connectivity index (χ1) is 24.4. The SMILES string of the molecule is O=S(=O)(O)c1cc(O)c(N=Nc2c(O)ccc3ccccc23)c2ccccc12.O=[N+]([O-])c1ccc(O)c(N=Nc2c(O)ccc3ccccc23)c1.[Cr]. The Kier molecular flexibility index (Phi) is 10.8. The maximum Gasteiger partial charge on any atom is 0.295 e. The van der Waals surface area contributed by atoms with Crippen LogP contribution >= 0.6 is 0 Å². The summed E-state index contributed by atoms with van der Waals surface area (Å²) >= 11 is 0. The van der Waals surface area contributed by atoms with Crippen molar-refractivity contribution in [2.75, 3.05) is 0 Å². The maximum atomic E-state index is 11.6. The number of phenolic OH excluding ortho intramolecular Hbond substituents is 4. The first kappa shape index (κ1) is 36.8. The van der Waals surface area contributed by atoms with Gasteiger partial charge in [-0.05, 0) is 29.0 Å². The van der Waals surface area contributed by atoms with Gasteiger partial charge in [0.25, 0.3) is 15.8 Å². The fourth-order valence-corrected chi connectivity index (χ4v) is 5.95. The fraction of sp³-hybridized carbons (Fsp3) is 0. The fourth-order valence-electron chi connectivity index (χ4n) is 5.24. The number of benzene rings is 7. The minimum atomic E-state index is -4.54.